The van der Waals surface area contributed by atoms with Gasteiger partial charge in [-0.05, 0) is 12.1 Å². The highest BCUT2D eigenvalue weighted by atomic mass is 32.1. The lowest BCUT2D eigenvalue weighted by atomic mass is 10.3. The molecule has 1 heterocycles. The molecule has 0 aliphatic carbocycles. The number of nitrogens with zero attached hydrogens (tertiary/aromatic N) is 1. The van der Waals surface area contributed by atoms with Crippen LogP contribution < -0.4 is 14.8 Å². The molecule has 0 saturated carbocycles. The number of carboxylic acids is 1. The molecule has 7 nitrogen and oxygen atoms in total. The number of para-hydroxylation sites is 2. The number of carbonyl (C=O) groups excluding carboxylic acids is 1. The molecule has 1 amide bonds. The van der Waals surface area contributed by atoms with Crippen LogP contribution in [-0.4, -0.2) is 35.7 Å². The lowest BCUT2D eigenvalue weighted by Crippen LogP contribution is -2.20. The van der Waals surface area contributed by atoms with E-state index in [1.807, 2.05) is 0 Å². The number of nitrogens with one attached hydrogen (secondary N) is 1. The highest BCUT2D eigenvalue weighted by Crippen LogP contribution is 2.25. The van der Waals surface area contributed by atoms with Gasteiger partial charge in [0, 0.05) is 5.38 Å². The average Bonchev–Trinajstić information content (AvgIpc) is 2.94. The van der Waals surface area contributed by atoms with Crippen molar-refractivity contribution in [3.05, 3.63) is 35.3 Å². The molecule has 0 spiro atoms. The van der Waals surface area contributed by atoms with Crippen molar-refractivity contribution in [1.82, 2.24) is 4.98 Å². The molecule has 2 aromatic rings. The number of anilines is 1. The van der Waals surface area contributed by atoms with E-state index in [0.717, 1.165) is 11.3 Å². The molecule has 1 aromatic carbocycles. The number of hydrogen-bond donors (Lipinski definition) is 2. The minimum absolute atomic E-state index is 0.110. The van der Waals surface area contributed by atoms with Crippen LogP contribution in [-0.2, 0) is 4.79 Å². The Morgan fingerprint density at radius 2 is 2.05 bits per heavy atom. The summed E-state index contributed by atoms with van der Waals surface area (Å²) in [5, 5.41) is 12.8. The van der Waals surface area contributed by atoms with Crippen LogP contribution in [0.4, 0.5) is 5.13 Å². The standard InChI is InChI=1S/C13H12N2O5S/c1-19-9-4-2-3-5-10(9)20-6-11(16)15-13-14-8(7-21-13)12(17)18/h2-5,7H,6H2,1H3,(H,17,18)(H,14,15,16). The van der Waals surface area contributed by atoms with Crippen molar-refractivity contribution in [3.8, 4) is 11.5 Å². The Bertz CT molecular complexity index is 656. The van der Waals surface area contributed by atoms with Crippen molar-refractivity contribution in [3.63, 3.8) is 0 Å². The molecule has 0 fully saturated rings. The fraction of sp³-hybridized carbons (Fsp3) is 0.154. The van der Waals surface area contributed by atoms with E-state index in [1.54, 1.807) is 24.3 Å². The fourth-order valence-electron chi connectivity index (χ4n) is 1.47. The van der Waals surface area contributed by atoms with Crippen molar-refractivity contribution in [1.29, 1.82) is 0 Å². The third-order valence-corrected chi connectivity index (χ3v) is 3.16. The van der Waals surface area contributed by atoms with E-state index in [1.165, 1.54) is 12.5 Å². The number of carbonyl (C=O) groups is 2. The molecule has 0 aliphatic rings. The van der Waals surface area contributed by atoms with Gasteiger partial charge in [-0.15, -0.1) is 11.3 Å². The van der Waals surface area contributed by atoms with E-state index < -0.39 is 11.9 Å². The van der Waals surface area contributed by atoms with Gasteiger partial charge in [-0.1, -0.05) is 12.1 Å². The molecular weight excluding hydrogens is 296 g/mol. The quantitative estimate of drug-likeness (QED) is 0.845. The largest absolute Gasteiger partial charge is 0.493 e. The highest BCUT2D eigenvalue weighted by molar-refractivity contribution is 7.14. The number of rotatable bonds is 6. The van der Waals surface area contributed by atoms with Crippen LogP contribution in [0.25, 0.3) is 0 Å². The second-order valence-electron chi connectivity index (χ2n) is 3.83. The zero-order valence-electron chi connectivity index (χ0n) is 11.0. The van der Waals surface area contributed by atoms with Crippen LogP contribution >= 0.6 is 11.3 Å². The maximum atomic E-state index is 11.7. The number of benzene rings is 1. The summed E-state index contributed by atoms with van der Waals surface area (Å²) in [6, 6.07) is 6.94. The Morgan fingerprint density at radius 3 is 2.67 bits per heavy atom. The third kappa shape index (κ3) is 3.93. The monoisotopic (exact) mass is 308 g/mol. The first-order valence-electron chi connectivity index (χ1n) is 5.84. The summed E-state index contributed by atoms with van der Waals surface area (Å²) >= 11 is 1.03. The molecule has 21 heavy (non-hydrogen) atoms. The van der Waals surface area contributed by atoms with Gasteiger partial charge in [0.25, 0.3) is 5.91 Å². The lowest BCUT2D eigenvalue weighted by molar-refractivity contribution is -0.118. The predicted molar refractivity (Wildman–Crippen MR) is 76.2 cm³/mol. The van der Waals surface area contributed by atoms with Crippen molar-refractivity contribution >= 4 is 28.3 Å². The minimum atomic E-state index is -1.14. The van der Waals surface area contributed by atoms with Gasteiger partial charge in [0.05, 0.1) is 7.11 Å². The molecule has 2 N–H and O–H groups in total. The first-order chi connectivity index (χ1) is 10.1. The summed E-state index contributed by atoms with van der Waals surface area (Å²) < 4.78 is 10.4. The molecule has 1 aromatic heterocycles. The van der Waals surface area contributed by atoms with Gasteiger partial charge in [-0.3, -0.25) is 10.1 Å². The van der Waals surface area contributed by atoms with Gasteiger partial charge in [-0.2, -0.15) is 0 Å². The van der Waals surface area contributed by atoms with Gasteiger partial charge >= 0.3 is 5.97 Å². The topological polar surface area (TPSA) is 97.8 Å². The van der Waals surface area contributed by atoms with Crippen LogP contribution in [0.3, 0.4) is 0 Å². The molecule has 0 unspecified atom stereocenters. The molecule has 110 valence electrons. The van der Waals surface area contributed by atoms with Crippen LogP contribution in [0.15, 0.2) is 29.6 Å². The Morgan fingerprint density at radius 1 is 1.33 bits per heavy atom. The van der Waals surface area contributed by atoms with Gasteiger partial charge < -0.3 is 14.6 Å². The summed E-state index contributed by atoms with van der Waals surface area (Å²) in [7, 11) is 1.51. The predicted octanol–water partition coefficient (Wildman–Crippen LogP) is 1.87. The number of carboxylic acid groups (broad SMARTS) is 1. The second kappa shape index (κ2) is 6.71. The van der Waals surface area contributed by atoms with E-state index in [0.29, 0.717) is 11.5 Å². The van der Waals surface area contributed by atoms with Crippen molar-refractivity contribution in [2.24, 2.45) is 0 Å². The molecule has 2 rings (SSSR count). The molecule has 0 saturated heterocycles. The molecule has 0 atom stereocenters. The summed E-state index contributed by atoms with van der Waals surface area (Å²) in [5.74, 6) is -0.613. The van der Waals surface area contributed by atoms with Gasteiger partial charge in [0.2, 0.25) is 0 Å². The van der Waals surface area contributed by atoms with E-state index >= 15 is 0 Å². The first-order valence-corrected chi connectivity index (χ1v) is 6.72. The summed E-state index contributed by atoms with van der Waals surface area (Å²) in [6.45, 7) is -0.234. The van der Waals surface area contributed by atoms with Gasteiger partial charge in [0.1, 0.15) is 0 Å². The SMILES string of the molecule is COc1ccccc1OCC(=O)Nc1nc(C(=O)O)cs1. The number of hydrogen-bond acceptors (Lipinski definition) is 6. The maximum absolute atomic E-state index is 11.7. The number of aromatic carboxylic acids is 1. The van der Waals surface area contributed by atoms with E-state index in [2.05, 4.69) is 10.3 Å². The van der Waals surface area contributed by atoms with Crippen molar-refractivity contribution in [2.45, 2.75) is 0 Å². The minimum Gasteiger partial charge on any atom is -0.493 e. The number of ether oxygens (including phenoxy) is 2. The third-order valence-electron chi connectivity index (χ3n) is 2.40. The number of amides is 1. The number of thiazole rings is 1. The molecule has 0 radical (unpaired) electrons. The maximum Gasteiger partial charge on any atom is 0.355 e. The van der Waals surface area contributed by atoms with Gasteiger partial charge in [0.15, 0.2) is 28.9 Å². The Hall–Kier alpha value is -2.61. The molecule has 0 bridgehead atoms. The smallest absolute Gasteiger partial charge is 0.355 e. The molecule has 0 aliphatic heterocycles. The van der Waals surface area contributed by atoms with Crippen molar-refractivity contribution < 1.29 is 24.2 Å². The van der Waals surface area contributed by atoms with Crippen LogP contribution in [0.2, 0.25) is 0 Å². The van der Waals surface area contributed by atoms with Gasteiger partial charge in [-0.25, -0.2) is 9.78 Å². The highest BCUT2D eigenvalue weighted by Gasteiger charge is 2.12. The second-order valence-corrected chi connectivity index (χ2v) is 4.69. The summed E-state index contributed by atoms with van der Waals surface area (Å²) in [5.41, 5.74) is -0.110. The van der Waals surface area contributed by atoms with Crippen molar-refractivity contribution in [2.75, 3.05) is 19.0 Å². The van der Waals surface area contributed by atoms with E-state index in [-0.39, 0.29) is 17.4 Å². The fourth-order valence-corrected chi connectivity index (χ4v) is 2.17. The molecular formula is C13H12N2O5S. The average molecular weight is 308 g/mol. The zero-order valence-corrected chi connectivity index (χ0v) is 11.8. The Balaban J connectivity index is 1.91. The normalized spacial score (nSPS) is 9.95. The summed E-state index contributed by atoms with van der Waals surface area (Å²) in [4.78, 5) is 26.1. The number of methoxy groups -OCH3 is 1. The summed E-state index contributed by atoms with van der Waals surface area (Å²) in [6.07, 6.45) is 0. The zero-order chi connectivity index (χ0) is 15.2. The van der Waals surface area contributed by atoms with Crippen LogP contribution in [0.5, 0.6) is 11.5 Å². The Kier molecular flexibility index (Phi) is 4.72. The van der Waals surface area contributed by atoms with E-state index in [4.69, 9.17) is 14.6 Å². The molecule has 8 heteroatoms. The van der Waals surface area contributed by atoms with Crippen LogP contribution in [0.1, 0.15) is 10.5 Å². The van der Waals surface area contributed by atoms with Crippen LogP contribution in [0, 0.1) is 0 Å². The van der Waals surface area contributed by atoms with E-state index in [9.17, 15) is 9.59 Å². The number of aromatic nitrogens is 1. The Labute approximate surface area is 124 Å². The first kappa shape index (κ1) is 14.8. The lowest BCUT2D eigenvalue weighted by Gasteiger charge is -2.09.